The van der Waals surface area contributed by atoms with E-state index < -0.39 is 11.9 Å². The van der Waals surface area contributed by atoms with E-state index in [2.05, 4.69) is 0 Å². The van der Waals surface area contributed by atoms with Crippen LogP contribution in [0.4, 0.5) is 16.2 Å². The number of rotatable bonds is 2. The van der Waals surface area contributed by atoms with E-state index in [0.717, 1.165) is 24.2 Å². The molecule has 0 saturated heterocycles. The van der Waals surface area contributed by atoms with Gasteiger partial charge in [-0.25, -0.2) is 4.79 Å². The Morgan fingerprint density at radius 2 is 2.18 bits per heavy atom. The predicted molar refractivity (Wildman–Crippen MR) is 64.5 cm³/mol. The van der Waals surface area contributed by atoms with Crippen molar-refractivity contribution in [1.82, 2.24) is 5.32 Å². The standard InChI is InChI=1S/C11H14N4O2/c12-8-1-2-9-7(5-8)3-4-15(9)6-10(16)14-11(13)17/h1-2,5H,3-4,6,12H2,(H3,13,14,16,17). The molecule has 3 amide bonds. The van der Waals surface area contributed by atoms with Gasteiger partial charge in [0.25, 0.3) is 0 Å². The van der Waals surface area contributed by atoms with Gasteiger partial charge in [-0.05, 0) is 30.2 Å². The highest BCUT2D eigenvalue weighted by atomic mass is 16.2. The van der Waals surface area contributed by atoms with Gasteiger partial charge >= 0.3 is 6.03 Å². The first kappa shape index (κ1) is 11.3. The maximum atomic E-state index is 11.4. The zero-order chi connectivity index (χ0) is 12.4. The minimum absolute atomic E-state index is 0.125. The van der Waals surface area contributed by atoms with Crippen LogP contribution in [-0.2, 0) is 11.2 Å². The van der Waals surface area contributed by atoms with Crippen molar-refractivity contribution in [3.05, 3.63) is 23.8 Å². The number of nitrogens with zero attached hydrogens (tertiary/aromatic N) is 1. The molecule has 90 valence electrons. The van der Waals surface area contributed by atoms with Crippen LogP contribution in [0.5, 0.6) is 0 Å². The number of nitrogen functional groups attached to an aromatic ring is 1. The summed E-state index contributed by atoms with van der Waals surface area (Å²) in [6.45, 7) is 0.866. The molecule has 1 aromatic carbocycles. The van der Waals surface area contributed by atoms with Crippen molar-refractivity contribution in [2.24, 2.45) is 5.73 Å². The van der Waals surface area contributed by atoms with Crippen LogP contribution >= 0.6 is 0 Å². The van der Waals surface area contributed by atoms with Crippen LogP contribution in [0.1, 0.15) is 5.56 Å². The molecule has 5 N–H and O–H groups in total. The molecule has 0 atom stereocenters. The Bertz CT molecular complexity index is 473. The molecule has 0 fully saturated rings. The number of primary amides is 1. The monoisotopic (exact) mass is 234 g/mol. The van der Waals surface area contributed by atoms with E-state index in [4.69, 9.17) is 11.5 Å². The van der Waals surface area contributed by atoms with Gasteiger partial charge in [0.1, 0.15) is 0 Å². The number of amides is 3. The summed E-state index contributed by atoms with van der Waals surface area (Å²) in [7, 11) is 0. The normalized spacial score (nSPS) is 13.3. The largest absolute Gasteiger partial charge is 0.399 e. The molecule has 17 heavy (non-hydrogen) atoms. The summed E-state index contributed by atoms with van der Waals surface area (Å²) in [5.41, 5.74) is 13.4. The average molecular weight is 234 g/mol. The molecule has 1 aliphatic heterocycles. The fourth-order valence-corrected chi connectivity index (χ4v) is 2.00. The van der Waals surface area contributed by atoms with Crippen LogP contribution in [-0.4, -0.2) is 25.0 Å². The third-order valence-corrected chi connectivity index (χ3v) is 2.69. The Labute approximate surface area is 98.6 Å². The van der Waals surface area contributed by atoms with Crippen LogP contribution in [0.15, 0.2) is 18.2 Å². The first-order valence-electron chi connectivity index (χ1n) is 5.29. The van der Waals surface area contributed by atoms with E-state index in [1.54, 1.807) is 6.07 Å². The molecule has 0 aromatic heterocycles. The minimum atomic E-state index is -0.827. The van der Waals surface area contributed by atoms with Gasteiger partial charge in [-0.15, -0.1) is 0 Å². The van der Waals surface area contributed by atoms with E-state index in [-0.39, 0.29) is 6.54 Å². The van der Waals surface area contributed by atoms with Gasteiger partial charge in [0, 0.05) is 17.9 Å². The summed E-state index contributed by atoms with van der Waals surface area (Å²) in [6, 6.07) is 4.76. The molecule has 1 heterocycles. The van der Waals surface area contributed by atoms with Gasteiger partial charge in [-0.2, -0.15) is 0 Å². The van der Waals surface area contributed by atoms with Crippen LogP contribution in [0.2, 0.25) is 0 Å². The van der Waals surface area contributed by atoms with E-state index in [9.17, 15) is 9.59 Å². The van der Waals surface area contributed by atoms with Gasteiger partial charge < -0.3 is 16.4 Å². The van der Waals surface area contributed by atoms with E-state index in [1.165, 1.54) is 0 Å². The number of fused-ring (bicyclic) bond motifs is 1. The summed E-state index contributed by atoms with van der Waals surface area (Å²) in [6.07, 6.45) is 0.851. The molecule has 2 rings (SSSR count). The first-order chi connectivity index (χ1) is 8.06. The second-order valence-electron chi connectivity index (χ2n) is 3.97. The maximum Gasteiger partial charge on any atom is 0.318 e. The number of carbonyl (C=O) groups is 2. The molecule has 0 radical (unpaired) electrons. The molecular formula is C11H14N4O2. The van der Waals surface area contributed by atoms with Crippen molar-refractivity contribution in [2.75, 3.05) is 23.7 Å². The molecule has 6 nitrogen and oxygen atoms in total. The predicted octanol–water partition coefficient (Wildman–Crippen LogP) is -0.174. The lowest BCUT2D eigenvalue weighted by Crippen LogP contribution is -2.41. The first-order valence-corrected chi connectivity index (χ1v) is 5.29. The molecule has 0 aliphatic carbocycles. The SMILES string of the molecule is NC(=O)NC(=O)CN1CCc2cc(N)ccc21. The quantitative estimate of drug-likeness (QED) is 0.618. The van der Waals surface area contributed by atoms with Crippen LogP contribution < -0.4 is 21.7 Å². The van der Waals surface area contributed by atoms with Gasteiger partial charge in [-0.1, -0.05) is 0 Å². The Morgan fingerprint density at radius 1 is 1.41 bits per heavy atom. The Balaban J connectivity index is 2.07. The summed E-state index contributed by atoms with van der Waals surface area (Å²) in [5, 5.41) is 2.05. The third kappa shape index (κ3) is 2.47. The molecule has 1 aromatic rings. The minimum Gasteiger partial charge on any atom is -0.399 e. The Hall–Kier alpha value is -2.24. The molecule has 0 unspecified atom stereocenters. The average Bonchev–Trinajstić information content (AvgIpc) is 2.59. The molecule has 0 bridgehead atoms. The van der Waals surface area contributed by atoms with Crippen molar-refractivity contribution >= 4 is 23.3 Å². The van der Waals surface area contributed by atoms with Gasteiger partial charge in [0.05, 0.1) is 6.54 Å². The molecular weight excluding hydrogens is 220 g/mol. The number of urea groups is 1. The second-order valence-corrected chi connectivity index (χ2v) is 3.97. The summed E-state index contributed by atoms with van der Waals surface area (Å²) in [5.74, 6) is -0.401. The topological polar surface area (TPSA) is 101 Å². The van der Waals surface area contributed by atoms with Crippen molar-refractivity contribution < 1.29 is 9.59 Å². The smallest absolute Gasteiger partial charge is 0.318 e. The van der Waals surface area contributed by atoms with Crippen molar-refractivity contribution in [1.29, 1.82) is 0 Å². The zero-order valence-corrected chi connectivity index (χ0v) is 9.27. The zero-order valence-electron chi connectivity index (χ0n) is 9.27. The Kier molecular flexibility index (Phi) is 2.86. The number of benzene rings is 1. The number of hydrogen-bond donors (Lipinski definition) is 3. The summed E-state index contributed by atoms with van der Waals surface area (Å²) < 4.78 is 0. The number of nitrogens with two attached hydrogens (primary N) is 2. The lowest BCUT2D eigenvalue weighted by molar-refractivity contribution is -0.118. The number of imide groups is 1. The Morgan fingerprint density at radius 3 is 2.88 bits per heavy atom. The number of hydrogen-bond acceptors (Lipinski definition) is 4. The van der Waals surface area contributed by atoms with E-state index >= 15 is 0 Å². The number of carbonyl (C=O) groups excluding carboxylic acids is 2. The highest BCUT2D eigenvalue weighted by Crippen LogP contribution is 2.29. The van der Waals surface area contributed by atoms with E-state index in [1.807, 2.05) is 22.3 Å². The van der Waals surface area contributed by atoms with Gasteiger partial charge in [-0.3, -0.25) is 10.1 Å². The van der Waals surface area contributed by atoms with Crippen LogP contribution in [0.25, 0.3) is 0 Å². The number of anilines is 2. The fraction of sp³-hybridized carbons (Fsp3) is 0.273. The lowest BCUT2D eigenvalue weighted by atomic mass is 10.1. The van der Waals surface area contributed by atoms with E-state index in [0.29, 0.717) is 5.69 Å². The lowest BCUT2D eigenvalue weighted by Gasteiger charge is -2.18. The molecule has 6 heteroatoms. The van der Waals surface area contributed by atoms with Crippen LogP contribution in [0, 0.1) is 0 Å². The number of nitrogens with one attached hydrogen (secondary N) is 1. The van der Waals surface area contributed by atoms with Crippen molar-refractivity contribution in [2.45, 2.75) is 6.42 Å². The van der Waals surface area contributed by atoms with Gasteiger partial charge in [0.15, 0.2) is 0 Å². The molecule has 0 spiro atoms. The second kappa shape index (κ2) is 4.32. The maximum absolute atomic E-state index is 11.4. The van der Waals surface area contributed by atoms with Crippen LogP contribution in [0.3, 0.4) is 0 Å². The molecule has 0 saturated carbocycles. The fourth-order valence-electron chi connectivity index (χ4n) is 2.00. The highest BCUT2D eigenvalue weighted by Gasteiger charge is 2.21. The van der Waals surface area contributed by atoms with Gasteiger partial charge in [0.2, 0.25) is 5.91 Å². The third-order valence-electron chi connectivity index (χ3n) is 2.69. The summed E-state index contributed by atoms with van der Waals surface area (Å²) >= 11 is 0. The highest BCUT2D eigenvalue weighted by molar-refractivity contribution is 5.96. The summed E-state index contributed by atoms with van der Waals surface area (Å²) in [4.78, 5) is 23.8. The molecule has 1 aliphatic rings. The van der Waals surface area contributed by atoms with Crippen molar-refractivity contribution in [3.8, 4) is 0 Å². The van der Waals surface area contributed by atoms with Crippen molar-refractivity contribution in [3.63, 3.8) is 0 Å².